The molecule has 0 aromatic heterocycles. The lowest BCUT2D eigenvalue weighted by atomic mass is 10.0. The van der Waals surface area contributed by atoms with E-state index in [4.69, 9.17) is 4.74 Å². The van der Waals surface area contributed by atoms with Gasteiger partial charge >= 0.3 is 0 Å². The molecule has 0 spiro atoms. The summed E-state index contributed by atoms with van der Waals surface area (Å²) in [5.41, 5.74) is 0. The molecule has 0 aliphatic carbocycles. The molecule has 0 bridgehead atoms. The predicted molar refractivity (Wildman–Crippen MR) is 64.3 cm³/mol. The number of ether oxygens (including phenoxy) is 1. The largest absolute Gasteiger partial charge is 0.381 e. The molecule has 1 rings (SSSR count). The second-order valence-corrected chi connectivity index (χ2v) is 4.68. The SMILES string of the molecule is CN(C)C(=O)CCCOCC1CCCNC1. The Morgan fingerprint density at radius 3 is 2.94 bits per heavy atom. The summed E-state index contributed by atoms with van der Waals surface area (Å²) in [6.45, 7) is 3.77. The first-order chi connectivity index (χ1) is 7.70. The van der Waals surface area contributed by atoms with E-state index in [1.165, 1.54) is 12.8 Å². The fourth-order valence-electron chi connectivity index (χ4n) is 1.87. The lowest BCUT2D eigenvalue weighted by molar-refractivity contribution is -0.129. The maximum absolute atomic E-state index is 11.3. The topological polar surface area (TPSA) is 41.6 Å². The van der Waals surface area contributed by atoms with E-state index in [1.54, 1.807) is 19.0 Å². The van der Waals surface area contributed by atoms with Gasteiger partial charge < -0.3 is 15.0 Å². The van der Waals surface area contributed by atoms with Gasteiger partial charge in [-0.25, -0.2) is 0 Å². The molecule has 94 valence electrons. The monoisotopic (exact) mass is 228 g/mol. The van der Waals surface area contributed by atoms with Crippen LogP contribution in [0.4, 0.5) is 0 Å². The van der Waals surface area contributed by atoms with Gasteiger partial charge in [0.15, 0.2) is 0 Å². The Morgan fingerprint density at radius 2 is 2.31 bits per heavy atom. The van der Waals surface area contributed by atoms with Gasteiger partial charge in [-0.05, 0) is 31.7 Å². The molecule has 1 unspecified atom stereocenters. The van der Waals surface area contributed by atoms with Gasteiger partial charge in [0.25, 0.3) is 0 Å². The van der Waals surface area contributed by atoms with E-state index in [0.717, 1.165) is 26.1 Å². The fraction of sp³-hybridized carbons (Fsp3) is 0.917. The summed E-state index contributed by atoms with van der Waals surface area (Å²) in [4.78, 5) is 12.9. The Hall–Kier alpha value is -0.610. The number of piperidine rings is 1. The minimum atomic E-state index is 0.183. The number of nitrogens with zero attached hydrogens (tertiary/aromatic N) is 1. The molecular formula is C12H24N2O2. The summed E-state index contributed by atoms with van der Waals surface area (Å²) in [6.07, 6.45) is 3.95. The zero-order chi connectivity index (χ0) is 11.8. The molecule has 0 saturated carbocycles. The molecule has 1 aliphatic rings. The van der Waals surface area contributed by atoms with Gasteiger partial charge in [-0.15, -0.1) is 0 Å². The molecule has 0 radical (unpaired) electrons. The van der Waals surface area contributed by atoms with Crippen LogP contribution in [0.2, 0.25) is 0 Å². The van der Waals surface area contributed by atoms with Crippen LogP contribution in [0.5, 0.6) is 0 Å². The highest BCUT2D eigenvalue weighted by Gasteiger charge is 2.12. The molecule has 1 atom stereocenters. The summed E-state index contributed by atoms with van der Waals surface area (Å²) in [5.74, 6) is 0.848. The zero-order valence-corrected chi connectivity index (χ0v) is 10.5. The van der Waals surface area contributed by atoms with Crippen LogP contribution in [0.1, 0.15) is 25.7 Å². The van der Waals surface area contributed by atoms with Crippen molar-refractivity contribution >= 4 is 5.91 Å². The van der Waals surface area contributed by atoms with Gasteiger partial charge in [-0.1, -0.05) is 0 Å². The van der Waals surface area contributed by atoms with Crippen LogP contribution in [0, 0.1) is 5.92 Å². The average Bonchev–Trinajstić information content (AvgIpc) is 2.29. The second-order valence-electron chi connectivity index (χ2n) is 4.68. The maximum Gasteiger partial charge on any atom is 0.222 e. The summed E-state index contributed by atoms with van der Waals surface area (Å²) in [5, 5.41) is 3.37. The highest BCUT2D eigenvalue weighted by Crippen LogP contribution is 2.10. The Labute approximate surface area is 98.3 Å². The quantitative estimate of drug-likeness (QED) is 0.686. The molecule has 1 saturated heterocycles. The van der Waals surface area contributed by atoms with Crippen molar-refractivity contribution < 1.29 is 9.53 Å². The summed E-state index contributed by atoms with van der Waals surface area (Å²) in [6, 6.07) is 0. The first-order valence-electron chi connectivity index (χ1n) is 6.18. The molecule has 16 heavy (non-hydrogen) atoms. The molecular weight excluding hydrogens is 204 g/mol. The number of carbonyl (C=O) groups is 1. The normalized spacial score (nSPS) is 20.8. The molecule has 1 aliphatic heterocycles. The Balaban J connectivity index is 1.93. The van der Waals surface area contributed by atoms with Crippen LogP contribution >= 0.6 is 0 Å². The molecule has 0 aromatic rings. The molecule has 1 fully saturated rings. The lowest BCUT2D eigenvalue weighted by Crippen LogP contribution is -2.32. The van der Waals surface area contributed by atoms with Crippen molar-refractivity contribution in [2.75, 3.05) is 40.4 Å². The highest BCUT2D eigenvalue weighted by molar-refractivity contribution is 5.75. The minimum Gasteiger partial charge on any atom is -0.381 e. The van der Waals surface area contributed by atoms with Crippen molar-refractivity contribution in [2.24, 2.45) is 5.92 Å². The van der Waals surface area contributed by atoms with Crippen LogP contribution in [0.15, 0.2) is 0 Å². The van der Waals surface area contributed by atoms with E-state index < -0.39 is 0 Å². The molecule has 4 heteroatoms. The summed E-state index contributed by atoms with van der Waals surface area (Å²) < 4.78 is 5.59. The standard InChI is InChI=1S/C12H24N2O2/c1-14(2)12(15)6-4-8-16-10-11-5-3-7-13-9-11/h11,13H,3-10H2,1-2H3. The van der Waals surface area contributed by atoms with Crippen molar-refractivity contribution in [1.29, 1.82) is 0 Å². The van der Waals surface area contributed by atoms with Crippen molar-refractivity contribution in [3.63, 3.8) is 0 Å². The number of hydrogen-bond donors (Lipinski definition) is 1. The predicted octanol–water partition coefficient (Wildman–Crippen LogP) is 0.871. The third-order valence-electron chi connectivity index (χ3n) is 2.93. The lowest BCUT2D eigenvalue weighted by Gasteiger charge is -2.22. The average molecular weight is 228 g/mol. The smallest absolute Gasteiger partial charge is 0.222 e. The number of amides is 1. The van der Waals surface area contributed by atoms with Crippen molar-refractivity contribution in [1.82, 2.24) is 10.2 Å². The Bertz CT molecular complexity index is 201. The van der Waals surface area contributed by atoms with E-state index in [0.29, 0.717) is 18.9 Å². The zero-order valence-electron chi connectivity index (χ0n) is 10.5. The molecule has 4 nitrogen and oxygen atoms in total. The number of carbonyl (C=O) groups excluding carboxylic acids is 1. The summed E-state index contributed by atoms with van der Waals surface area (Å²) >= 11 is 0. The van der Waals surface area contributed by atoms with E-state index in [-0.39, 0.29) is 5.91 Å². The Morgan fingerprint density at radius 1 is 1.50 bits per heavy atom. The van der Waals surface area contributed by atoms with Crippen LogP contribution in [-0.4, -0.2) is 51.2 Å². The Kier molecular flexibility index (Phi) is 6.42. The second kappa shape index (κ2) is 7.63. The number of hydrogen-bond acceptors (Lipinski definition) is 3. The van der Waals surface area contributed by atoms with Crippen LogP contribution in [0.3, 0.4) is 0 Å². The van der Waals surface area contributed by atoms with Gasteiger partial charge in [0.05, 0.1) is 6.61 Å². The third kappa shape index (κ3) is 5.47. The van der Waals surface area contributed by atoms with Crippen LogP contribution in [-0.2, 0) is 9.53 Å². The van der Waals surface area contributed by atoms with Crippen LogP contribution < -0.4 is 5.32 Å². The molecule has 1 amide bonds. The molecule has 1 N–H and O–H groups in total. The van der Waals surface area contributed by atoms with Gasteiger partial charge in [0, 0.05) is 33.7 Å². The van der Waals surface area contributed by atoms with E-state index in [2.05, 4.69) is 5.32 Å². The van der Waals surface area contributed by atoms with Gasteiger partial charge in [-0.3, -0.25) is 4.79 Å². The first-order valence-corrected chi connectivity index (χ1v) is 6.18. The third-order valence-corrected chi connectivity index (χ3v) is 2.93. The first kappa shape index (κ1) is 13.5. The molecule has 0 aromatic carbocycles. The minimum absolute atomic E-state index is 0.183. The fourth-order valence-corrected chi connectivity index (χ4v) is 1.87. The van der Waals surface area contributed by atoms with E-state index in [9.17, 15) is 4.79 Å². The van der Waals surface area contributed by atoms with E-state index >= 15 is 0 Å². The van der Waals surface area contributed by atoms with Crippen LogP contribution in [0.25, 0.3) is 0 Å². The van der Waals surface area contributed by atoms with Crippen molar-refractivity contribution in [3.8, 4) is 0 Å². The van der Waals surface area contributed by atoms with Gasteiger partial charge in [-0.2, -0.15) is 0 Å². The van der Waals surface area contributed by atoms with Gasteiger partial charge in [0.1, 0.15) is 0 Å². The maximum atomic E-state index is 11.3. The molecule has 1 heterocycles. The van der Waals surface area contributed by atoms with Crippen molar-refractivity contribution in [3.05, 3.63) is 0 Å². The van der Waals surface area contributed by atoms with Crippen molar-refractivity contribution in [2.45, 2.75) is 25.7 Å². The summed E-state index contributed by atoms with van der Waals surface area (Å²) in [7, 11) is 3.58. The highest BCUT2D eigenvalue weighted by atomic mass is 16.5. The number of nitrogens with one attached hydrogen (secondary N) is 1. The van der Waals surface area contributed by atoms with E-state index in [1.807, 2.05) is 0 Å². The van der Waals surface area contributed by atoms with Gasteiger partial charge in [0.2, 0.25) is 5.91 Å². The number of rotatable bonds is 6.